The third-order valence-corrected chi connectivity index (χ3v) is 7.19. The number of aromatic hydroxyl groups is 1. The molecule has 1 aromatic carbocycles. The van der Waals surface area contributed by atoms with Crippen LogP contribution < -0.4 is 10.4 Å². The molecule has 0 radical (unpaired) electrons. The SMILES string of the molecule is CCc1cc([Si](C)(C)C)c(O)c([Si](C)(C)C)c1. The molecule has 0 aliphatic rings. The van der Waals surface area contributed by atoms with Crippen LogP contribution in [0.5, 0.6) is 5.75 Å². The molecular formula is C14H26OSi2. The third-order valence-electron chi connectivity index (χ3n) is 3.19. The van der Waals surface area contributed by atoms with Crippen molar-refractivity contribution >= 4 is 26.5 Å². The summed E-state index contributed by atoms with van der Waals surface area (Å²) in [5.41, 5.74) is 1.37. The fourth-order valence-corrected chi connectivity index (χ4v) is 5.09. The summed E-state index contributed by atoms with van der Waals surface area (Å²) in [5.74, 6) is 0.598. The van der Waals surface area contributed by atoms with Crippen molar-refractivity contribution < 1.29 is 5.11 Å². The monoisotopic (exact) mass is 266 g/mol. The fourth-order valence-electron chi connectivity index (χ4n) is 2.04. The van der Waals surface area contributed by atoms with Gasteiger partial charge in [0, 0.05) is 0 Å². The largest absolute Gasteiger partial charge is 0.508 e. The molecule has 0 heterocycles. The van der Waals surface area contributed by atoms with Crippen molar-refractivity contribution in [3.05, 3.63) is 17.7 Å². The van der Waals surface area contributed by atoms with Gasteiger partial charge in [-0.3, -0.25) is 0 Å². The van der Waals surface area contributed by atoms with Crippen LogP contribution >= 0.6 is 0 Å². The Morgan fingerprint density at radius 2 is 1.24 bits per heavy atom. The van der Waals surface area contributed by atoms with Gasteiger partial charge in [0.15, 0.2) is 0 Å². The summed E-state index contributed by atoms with van der Waals surface area (Å²) in [6.45, 7) is 16.0. The minimum absolute atomic E-state index is 0.598. The Kier molecular flexibility index (Phi) is 3.94. The van der Waals surface area contributed by atoms with E-state index in [9.17, 15) is 5.11 Å². The summed E-state index contributed by atoms with van der Waals surface area (Å²) < 4.78 is 0. The molecule has 0 spiro atoms. The number of hydrogen-bond donors (Lipinski definition) is 1. The molecule has 1 nitrogen and oxygen atoms in total. The first-order chi connectivity index (χ1) is 7.57. The van der Waals surface area contributed by atoms with E-state index in [1.54, 1.807) is 0 Å². The summed E-state index contributed by atoms with van der Waals surface area (Å²) in [6, 6.07) is 4.45. The van der Waals surface area contributed by atoms with Gasteiger partial charge in [-0.05, 0) is 22.4 Å². The van der Waals surface area contributed by atoms with Gasteiger partial charge in [0.2, 0.25) is 0 Å². The fraction of sp³-hybridized carbons (Fsp3) is 0.571. The van der Waals surface area contributed by atoms with Crippen LogP contribution in [0.4, 0.5) is 0 Å². The Bertz CT molecular complexity index is 376. The summed E-state index contributed by atoms with van der Waals surface area (Å²) in [5, 5.41) is 13.0. The van der Waals surface area contributed by atoms with E-state index in [0.29, 0.717) is 5.75 Å². The van der Waals surface area contributed by atoms with Gasteiger partial charge in [-0.2, -0.15) is 0 Å². The third kappa shape index (κ3) is 3.22. The Balaban J connectivity index is 3.53. The molecule has 0 saturated carbocycles. The molecule has 0 amide bonds. The van der Waals surface area contributed by atoms with E-state index in [0.717, 1.165) is 6.42 Å². The molecule has 0 unspecified atom stereocenters. The van der Waals surface area contributed by atoms with Crippen LogP contribution in [-0.2, 0) is 6.42 Å². The van der Waals surface area contributed by atoms with E-state index >= 15 is 0 Å². The number of hydrogen-bond acceptors (Lipinski definition) is 1. The molecule has 1 N–H and O–H groups in total. The van der Waals surface area contributed by atoms with Gasteiger partial charge in [0.05, 0.1) is 16.1 Å². The number of benzene rings is 1. The maximum absolute atomic E-state index is 10.5. The molecule has 1 aromatic rings. The second kappa shape index (κ2) is 4.61. The van der Waals surface area contributed by atoms with E-state index in [1.165, 1.54) is 15.9 Å². The molecule has 1 rings (SSSR count). The van der Waals surface area contributed by atoms with E-state index in [4.69, 9.17) is 0 Å². The Labute approximate surface area is 108 Å². The second-order valence-corrected chi connectivity index (χ2v) is 17.0. The molecule has 0 bridgehead atoms. The van der Waals surface area contributed by atoms with Crippen LogP contribution in [0.15, 0.2) is 12.1 Å². The van der Waals surface area contributed by atoms with Crippen LogP contribution in [0, 0.1) is 0 Å². The predicted molar refractivity (Wildman–Crippen MR) is 83.4 cm³/mol. The lowest BCUT2D eigenvalue weighted by Crippen LogP contribution is -2.45. The highest BCUT2D eigenvalue weighted by Crippen LogP contribution is 2.18. The van der Waals surface area contributed by atoms with Gasteiger partial charge >= 0.3 is 0 Å². The molecule has 0 aromatic heterocycles. The first-order valence-electron chi connectivity index (χ1n) is 6.44. The molecule has 3 heteroatoms. The number of rotatable bonds is 3. The van der Waals surface area contributed by atoms with Crippen LogP contribution in [0.3, 0.4) is 0 Å². The first-order valence-corrected chi connectivity index (χ1v) is 13.4. The lowest BCUT2D eigenvalue weighted by Gasteiger charge is -2.26. The van der Waals surface area contributed by atoms with Crippen molar-refractivity contribution in [2.24, 2.45) is 0 Å². The van der Waals surface area contributed by atoms with Crippen LogP contribution in [0.1, 0.15) is 12.5 Å². The van der Waals surface area contributed by atoms with E-state index in [1.807, 2.05) is 0 Å². The molecule has 17 heavy (non-hydrogen) atoms. The highest BCUT2D eigenvalue weighted by molar-refractivity contribution is 6.92. The smallest absolute Gasteiger partial charge is 0.114 e. The average Bonchev–Trinajstić information content (AvgIpc) is 2.14. The summed E-state index contributed by atoms with van der Waals surface area (Å²) >= 11 is 0. The van der Waals surface area contributed by atoms with E-state index < -0.39 is 16.1 Å². The van der Waals surface area contributed by atoms with Gasteiger partial charge in [0.25, 0.3) is 0 Å². The van der Waals surface area contributed by atoms with Crippen LogP contribution in [0.25, 0.3) is 0 Å². The summed E-state index contributed by atoms with van der Waals surface area (Å²) in [7, 11) is -2.93. The zero-order valence-corrected chi connectivity index (χ0v) is 14.3. The predicted octanol–water partition coefficient (Wildman–Crippen LogP) is 3.05. The normalized spacial score (nSPS) is 12.9. The summed E-state index contributed by atoms with van der Waals surface area (Å²) in [4.78, 5) is 0. The molecule has 0 aliphatic carbocycles. The standard InChI is InChI=1S/C14H26OSi2/c1-8-11-9-12(16(2,3)4)14(15)13(10-11)17(5,6)7/h9-10,15H,8H2,1-7H3. The Morgan fingerprint density at radius 3 is 1.47 bits per heavy atom. The Morgan fingerprint density at radius 1 is 0.882 bits per heavy atom. The first kappa shape index (κ1) is 14.5. The van der Waals surface area contributed by atoms with Crippen molar-refractivity contribution in [2.45, 2.75) is 52.6 Å². The minimum atomic E-state index is -1.46. The highest BCUT2D eigenvalue weighted by atomic mass is 28.3. The molecule has 0 saturated heterocycles. The van der Waals surface area contributed by atoms with Crippen LogP contribution in [0.2, 0.25) is 39.3 Å². The molecular weight excluding hydrogens is 240 g/mol. The maximum Gasteiger partial charge on any atom is 0.114 e. The Hall–Kier alpha value is -0.546. The number of phenolic OH excluding ortho intramolecular Hbond substituents is 1. The lowest BCUT2D eigenvalue weighted by atomic mass is 10.1. The molecule has 96 valence electrons. The van der Waals surface area contributed by atoms with Gasteiger partial charge in [-0.15, -0.1) is 0 Å². The van der Waals surface area contributed by atoms with Gasteiger partial charge in [0.1, 0.15) is 5.75 Å². The topological polar surface area (TPSA) is 20.2 Å². The molecule has 0 atom stereocenters. The average molecular weight is 267 g/mol. The van der Waals surface area contributed by atoms with Gasteiger partial charge in [-0.25, -0.2) is 0 Å². The maximum atomic E-state index is 10.5. The van der Waals surface area contributed by atoms with Crippen LogP contribution in [-0.4, -0.2) is 21.3 Å². The van der Waals surface area contributed by atoms with Crippen molar-refractivity contribution in [3.8, 4) is 5.75 Å². The zero-order chi connectivity index (χ0) is 13.4. The number of phenols is 1. The van der Waals surface area contributed by atoms with Crippen molar-refractivity contribution in [2.75, 3.05) is 0 Å². The van der Waals surface area contributed by atoms with Crippen molar-refractivity contribution in [1.82, 2.24) is 0 Å². The zero-order valence-electron chi connectivity index (χ0n) is 12.3. The quantitative estimate of drug-likeness (QED) is 0.834. The molecule has 0 fully saturated rings. The lowest BCUT2D eigenvalue weighted by molar-refractivity contribution is 0.483. The second-order valence-electron chi connectivity index (χ2n) is 6.89. The van der Waals surface area contributed by atoms with E-state index in [2.05, 4.69) is 58.3 Å². The van der Waals surface area contributed by atoms with E-state index in [-0.39, 0.29) is 0 Å². The van der Waals surface area contributed by atoms with Crippen molar-refractivity contribution in [1.29, 1.82) is 0 Å². The van der Waals surface area contributed by atoms with Gasteiger partial charge < -0.3 is 5.11 Å². The van der Waals surface area contributed by atoms with Gasteiger partial charge in [-0.1, -0.05) is 58.3 Å². The number of aryl methyl sites for hydroxylation is 1. The van der Waals surface area contributed by atoms with Crippen molar-refractivity contribution in [3.63, 3.8) is 0 Å². The summed E-state index contributed by atoms with van der Waals surface area (Å²) in [6.07, 6.45) is 1.05. The minimum Gasteiger partial charge on any atom is -0.508 e. The molecule has 0 aliphatic heterocycles. The highest BCUT2D eigenvalue weighted by Gasteiger charge is 2.28.